The minimum atomic E-state index is -3.27. The van der Waals surface area contributed by atoms with Crippen molar-refractivity contribution in [1.29, 1.82) is 0 Å². The van der Waals surface area contributed by atoms with Gasteiger partial charge in [0.05, 0.1) is 22.1 Å². The number of benzene rings is 4. The van der Waals surface area contributed by atoms with Gasteiger partial charge in [0.2, 0.25) is 0 Å². The third kappa shape index (κ3) is 3.19. The van der Waals surface area contributed by atoms with Crippen molar-refractivity contribution in [2.75, 3.05) is 0 Å². The fourth-order valence-corrected chi connectivity index (χ4v) is 8.28. The smallest absolute Gasteiger partial charge is 0.171 e. The van der Waals surface area contributed by atoms with Gasteiger partial charge in [-0.1, -0.05) is 54.6 Å². The Kier molecular flexibility index (Phi) is 4.69. The van der Waals surface area contributed by atoms with Gasteiger partial charge in [0, 0.05) is 50.7 Å². The fourth-order valence-electron chi connectivity index (χ4n) is 5.66. The summed E-state index contributed by atoms with van der Waals surface area (Å²) in [6.45, 7) is 0. The molecule has 39 heavy (non-hydrogen) atoms. The largest absolute Gasteiger partial charge is 0.309 e. The van der Waals surface area contributed by atoms with Gasteiger partial charge in [0.25, 0.3) is 0 Å². The number of aromatic nitrogens is 5. The van der Waals surface area contributed by atoms with Crippen LogP contribution in [0.4, 0.5) is 0 Å². The van der Waals surface area contributed by atoms with Crippen molar-refractivity contribution in [2.24, 2.45) is 0 Å². The molecule has 8 aromatic rings. The zero-order chi connectivity index (χ0) is 26.0. The maximum atomic E-state index is 15.2. The van der Waals surface area contributed by atoms with Gasteiger partial charge in [0.1, 0.15) is 12.0 Å². The van der Waals surface area contributed by atoms with Crippen molar-refractivity contribution in [3.05, 3.63) is 122 Å². The Morgan fingerprint density at radius 2 is 1.33 bits per heavy atom. The molecule has 8 rings (SSSR count). The predicted molar refractivity (Wildman–Crippen MR) is 158 cm³/mol. The summed E-state index contributed by atoms with van der Waals surface area (Å²) in [5, 5.41) is 6.45. The van der Waals surface area contributed by atoms with Crippen LogP contribution in [0.5, 0.6) is 0 Å². The molecule has 0 aliphatic heterocycles. The van der Waals surface area contributed by atoms with Crippen LogP contribution in [0.2, 0.25) is 0 Å². The number of para-hydroxylation sites is 1. The van der Waals surface area contributed by atoms with Gasteiger partial charge >= 0.3 is 0 Å². The van der Waals surface area contributed by atoms with Crippen molar-refractivity contribution in [3.8, 4) is 0 Å². The molecule has 0 fully saturated rings. The topological polar surface area (TPSA) is 73.0 Å². The fraction of sp³-hybridized carbons (Fsp3) is 0. The van der Waals surface area contributed by atoms with Gasteiger partial charge in [0.15, 0.2) is 7.14 Å². The highest BCUT2D eigenvalue weighted by molar-refractivity contribution is 7.85. The summed E-state index contributed by atoms with van der Waals surface area (Å²) in [4.78, 5) is 17.8. The van der Waals surface area contributed by atoms with E-state index in [1.807, 2.05) is 54.6 Å². The predicted octanol–water partition coefficient (Wildman–Crippen LogP) is 5.77. The molecule has 7 heteroatoms. The monoisotopic (exact) mass is 521 g/mol. The zero-order valence-corrected chi connectivity index (χ0v) is 21.5. The van der Waals surface area contributed by atoms with Crippen molar-refractivity contribution < 1.29 is 4.57 Å². The molecule has 0 spiro atoms. The van der Waals surface area contributed by atoms with Crippen LogP contribution in [0.25, 0.3) is 49.3 Å². The van der Waals surface area contributed by atoms with Gasteiger partial charge in [-0.25, -0.2) is 15.0 Å². The first-order valence-electron chi connectivity index (χ1n) is 12.6. The maximum absolute atomic E-state index is 15.2. The lowest BCUT2D eigenvalue weighted by atomic mass is 10.1. The van der Waals surface area contributed by atoms with E-state index in [-0.39, 0.29) is 0 Å². The van der Waals surface area contributed by atoms with E-state index in [1.165, 1.54) is 11.7 Å². The first-order chi connectivity index (χ1) is 19.2. The van der Waals surface area contributed by atoms with Crippen LogP contribution in [0, 0.1) is 0 Å². The number of hydrogen-bond donors (Lipinski definition) is 0. The Bertz CT molecular complexity index is 2280. The molecule has 1 unspecified atom stereocenters. The molecule has 6 nitrogen and oxygen atoms in total. The number of nitrogens with zero attached hydrogens (tertiary/aromatic N) is 5. The van der Waals surface area contributed by atoms with Gasteiger partial charge in [-0.2, -0.15) is 0 Å². The summed E-state index contributed by atoms with van der Waals surface area (Å²) in [5.74, 6) is 0. The maximum Gasteiger partial charge on any atom is 0.171 e. The first kappa shape index (κ1) is 22.1. The Labute approximate surface area is 223 Å². The first-order valence-corrected chi connectivity index (χ1v) is 14.4. The van der Waals surface area contributed by atoms with Crippen LogP contribution in [0.3, 0.4) is 0 Å². The lowest BCUT2D eigenvalue weighted by molar-refractivity contribution is 0.592. The van der Waals surface area contributed by atoms with Gasteiger partial charge < -0.3 is 4.57 Å². The van der Waals surface area contributed by atoms with Crippen molar-refractivity contribution >= 4 is 72.3 Å². The average Bonchev–Trinajstić information content (AvgIpc) is 3.40. The third-order valence-corrected chi connectivity index (χ3v) is 10.5. The third-order valence-electron chi connectivity index (χ3n) is 7.49. The zero-order valence-electron chi connectivity index (χ0n) is 20.6. The molecule has 0 saturated heterocycles. The van der Waals surface area contributed by atoms with Crippen LogP contribution in [-0.4, -0.2) is 24.3 Å². The Hall–Kier alpha value is -4.93. The van der Waals surface area contributed by atoms with Crippen LogP contribution < -0.4 is 15.9 Å². The normalized spacial score (nSPS) is 13.4. The van der Waals surface area contributed by atoms with E-state index in [2.05, 4.69) is 61.8 Å². The Morgan fingerprint density at radius 1 is 0.615 bits per heavy atom. The number of rotatable bonds is 3. The minimum absolute atomic E-state index is 0.707. The molecule has 4 aromatic carbocycles. The minimum Gasteiger partial charge on any atom is -0.309 e. The van der Waals surface area contributed by atoms with Crippen molar-refractivity contribution in [3.63, 3.8) is 0 Å². The van der Waals surface area contributed by atoms with Gasteiger partial charge in [-0.3, -0.25) is 9.38 Å². The molecule has 184 valence electrons. The van der Waals surface area contributed by atoms with E-state index >= 15 is 4.57 Å². The number of imidazole rings is 1. The van der Waals surface area contributed by atoms with Crippen molar-refractivity contribution in [2.45, 2.75) is 0 Å². The lowest BCUT2D eigenvalue weighted by Crippen LogP contribution is -2.25. The Morgan fingerprint density at radius 3 is 2.18 bits per heavy atom. The second kappa shape index (κ2) is 8.29. The number of fused-ring (bicyclic) bond motifs is 9. The summed E-state index contributed by atoms with van der Waals surface area (Å²) in [7, 11) is -3.27. The molecule has 1 atom stereocenters. The van der Waals surface area contributed by atoms with E-state index in [0.717, 1.165) is 43.9 Å². The van der Waals surface area contributed by atoms with E-state index in [1.54, 1.807) is 18.6 Å². The quantitative estimate of drug-likeness (QED) is 0.218. The van der Waals surface area contributed by atoms with Crippen LogP contribution in [0.15, 0.2) is 122 Å². The second-order valence-electron chi connectivity index (χ2n) is 9.59. The highest BCUT2D eigenvalue weighted by atomic mass is 31.2. The van der Waals surface area contributed by atoms with E-state index < -0.39 is 7.14 Å². The number of hydrogen-bond acceptors (Lipinski definition) is 5. The summed E-state index contributed by atoms with van der Waals surface area (Å²) in [6, 6.07) is 32.2. The molecule has 0 aliphatic carbocycles. The highest BCUT2D eigenvalue weighted by Gasteiger charge is 2.31. The molecule has 4 heterocycles. The molecular formula is C32H20N5OP. The lowest BCUT2D eigenvalue weighted by Gasteiger charge is -2.20. The molecule has 0 saturated carbocycles. The standard InChI is InChI=1S/C32H20N5OP/c38-39(22-13-15-33-16-14-22,23-10-9-21-19-34-20-35-28(21)17-23)24-11-12-31-29(18-24)36-32-27-7-2-1-5-25(27)26-6-3-4-8-30(26)37(31)32/h1-20H. The molecule has 0 amide bonds. The van der Waals surface area contributed by atoms with E-state index in [0.29, 0.717) is 15.9 Å². The van der Waals surface area contributed by atoms with Crippen LogP contribution in [-0.2, 0) is 4.57 Å². The average molecular weight is 522 g/mol. The molecular weight excluding hydrogens is 501 g/mol. The second-order valence-corrected chi connectivity index (χ2v) is 12.4. The Balaban J connectivity index is 1.44. The molecule has 0 bridgehead atoms. The SMILES string of the molecule is O=P(c1ccncc1)(c1ccc2cncnc2c1)c1ccc2c(c1)nc1c3ccccc3c3ccccc3n21. The van der Waals surface area contributed by atoms with E-state index in [9.17, 15) is 0 Å². The number of pyridine rings is 2. The molecule has 0 N–H and O–H groups in total. The van der Waals surface area contributed by atoms with Crippen LogP contribution in [0.1, 0.15) is 0 Å². The summed E-state index contributed by atoms with van der Waals surface area (Å²) in [5.41, 5.74) is 4.50. The summed E-state index contributed by atoms with van der Waals surface area (Å²) in [6.07, 6.45) is 6.65. The van der Waals surface area contributed by atoms with Gasteiger partial charge in [-0.05, 0) is 47.9 Å². The van der Waals surface area contributed by atoms with Crippen molar-refractivity contribution in [1.82, 2.24) is 24.3 Å². The van der Waals surface area contributed by atoms with Gasteiger partial charge in [-0.15, -0.1) is 0 Å². The van der Waals surface area contributed by atoms with Crippen LogP contribution >= 0.6 is 7.14 Å². The molecule has 4 aromatic heterocycles. The summed E-state index contributed by atoms with van der Waals surface area (Å²) < 4.78 is 17.4. The van der Waals surface area contributed by atoms with E-state index in [4.69, 9.17) is 4.98 Å². The summed E-state index contributed by atoms with van der Waals surface area (Å²) >= 11 is 0. The highest BCUT2D eigenvalue weighted by Crippen LogP contribution is 2.43. The molecule has 0 aliphatic rings. The molecule has 0 radical (unpaired) electrons.